The highest BCUT2D eigenvalue weighted by Crippen LogP contribution is 2.33. The first kappa shape index (κ1) is 19.5. The molecule has 1 N–H and O–H groups in total. The largest absolute Gasteiger partial charge is 0.338 e. The van der Waals surface area contributed by atoms with Crippen molar-refractivity contribution < 1.29 is 14.0 Å². The molecule has 0 atom stereocenters. The van der Waals surface area contributed by atoms with Crippen LogP contribution in [0, 0.1) is 11.7 Å². The Hall–Kier alpha value is -3.48. The minimum Gasteiger partial charge on any atom is -0.338 e. The van der Waals surface area contributed by atoms with E-state index in [4.69, 9.17) is 0 Å². The molecule has 0 bridgehead atoms. The normalized spacial score (nSPS) is 15.5. The maximum Gasteiger partial charge on any atom is 0.273 e. The van der Waals surface area contributed by atoms with Crippen molar-refractivity contribution in [2.75, 3.05) is 11.9 Å². The summed E-state index contributed by atoms with van der Waals surface area (Å²) in [7, 11) is 1.70. The molecule has 0 spiro atoms. The molecule has 0 saturated heterocycles. The van der Waals surface area contributed by atoms with Crippen LogP contribution in [0.5, 0.6) is 0 Å². The third kappa shape index (κ3) is 3.95. The standard InChI is InChI=1S/C24H23FN4O2/c1-28-22(13-21(27-28)16-4-7-19(25)8-5-16)23(30)26-20-9-6-15-10-11-29(14-18(15)12-20)24(31)17-2-3-17/h4-9,12-13,17H,2-3,10-11,14H2,1H3,(H,26,30). The van der Waals surface area contributed by atoms with Crippen molar-refractivity contribution in [3.05, 3.63) is 71.2 Å². The van der Waals surface area contributed by atoms with E-state index in [0.29, 0.717) is 23.6 Å². The van der Waals surface area contributed by atoms with Crippen molar-refractivity contribution in [2.24, 2.45) is 13.0 Å². The van der Waals surface area contributed by atoms with E-state index < -0.39 is 0 Å². The Morgan fingerprint density at radius 1 is 1.06 bits per heavy atom. The van der Waals surface area contributed by atoms with Crippen LogP contribution in [0.2, 0.25) is 0 Å². The lowest BCUT2D eigenvalue weighted by Gasteiger charge is -2.29. The van der Waals surface area contributed by atoms with Crippen LogP contribution in [0.1, 0.15) is 34.5 Å². The van der Waals surface area contributed by atoms with Crippen LogP contribution in [0.4, 0.5) is 10.1 Å². The Kier molecular flexibility index (Phi) is 4.81. The summed E-state index contributed by atoms with van der Waals surface area (Å²) in [5.74, 6) is -0.125. The molecule has 2 aromatic carbocycles. The van der Waals surface area contributed by atoms with Crippen LogP contribution in [-0.2, 0) is 24.8 Å². The van der Waals surface area contributed by atoms with Crippen LogP contribution in [0.3, 0.4) is 0 Å². The van der Waals surface area contributed by atoms with Gasteiger partial charge in [-0.25, -0.2) is 4.39 Å². The van der Waals surface area contributed by atoms with Gasteiger partial charge in [0.05, 0.1) is 5.69 Å². The molecule has 1 aromatic heterocycles. The lowest BCUT2D eigenvalue weighted by atomic mass is 9.98. The fraction of sp³-hybridized carbons (Fsp3) is 0.292. The summed E-state index contributed by atoms with van der Waals surface area (Å²) in [6, 6.07) is 13.6. The first-order chi connectivity index (χ1) is 15.0. The van der Waals surface area contributed by atoms with Crippen LogP contribution < -0.4 is 5.32 Å². The molecule has 2 amide bonds. The van der Waals surface area contributed by atoms with Crippen LogP contribution in [0.25, 0.3) is 11.3 Å². The number of halogens is 1. The van der Waals surface area contributed by atoms with Gasteiger partial charge in [0.15, 0.2) is 0 Å². The van der Waals surface area contributed by atoms with Gasteiger partial charge in [-0.15, -0.1) is 0 Å². The fourth-order valence-corrected chi connectivity index (χ4v) is 4.05. The molecule has 2 heterocycles. The lowest BCUT2D eigenvalue weighted by Crippen LogP contribution is -2.36. The number of hydrogen-bond acceptors (Lipinski definition) is 3. The van der Waals surface area contributed by atoms with Gasteiger partial charge < -0.3 is 10.2 Å². The van der Waals surface area contributed by atoms with Gasteiger partial charge in [0, 0.05) is 37.3 Å². The monoisotopic (exact) mass is 418 g/mol. The van der Waals surface area contributed by atoms with Crippen LogP contribution in [-0.4, -0.2) is 33.0 Å². The highest BCUT2D eigenvalue weighted by atomic mass is 19.1. The average molecular weight is 418 g/mol. The van der Waals surface area contributed by atoms with Crippen LogP contribution in [0.15, 0.2) is 48.5 Å². The molecular weight excluding hydrogens is 395 g/mol. The van der Waals surface area contributed by atoms with E-state index in [1.54, 1.807) is 25.2 Å². The lowest BCUT2D eigenvalue weighted by molar-refractivity contribution is -0.133. The van der Waals surface area contributed by atoms with E-state index in [1.807, 2.05) is 23.1 Å². The van der Waals surface area contributed by atoms with Gasteiger partial charge in [-0.2, -0.15) is 5.10 Å². The molecule has 3 aromatic rings. The quantitative estimate of drug-likeness (QED) is 0.701. The van der Waals surface area contributed by atoms with Crippen LogP contribution >= 0.6 is 0 Å². The third-order valence-corrected chi connectivity index (χ3v) is 5.97. The number of anilines is 1. The predicted molar refractivity (Wildman–Crippen MR) is 115 cm³/mol. The summed E-state index contributed by atoms with van der Waals surface area (Å²) in [6.07, 6.45) is 2.84. The molecule has 1 aliphatic carbocycles. The number of carbonyl (C=O) groups excluding carboxylic acids is 2. The zero-order valence-corrected chi connectivity index (χ0v) is 17.3. The van der Waals surface area contributed by atoms with Gasteiger partial charge in [-0.3, -0.25) is 14.3 Å². The number of hydrogen-bond donors (Lipinski definition) is 1. The summed E-state index contributed by atoms with van der Waals surface area (Å²) >= 11 is 0. The molecule has 6 nitrogen and oxygen atoms in total. The highest BCUT2D eigenvalue weighted by molar-refractivity contribution is 6.03. The summed E-state index contributed by atoms with van der Waals surface area (Å²) in [5, 5.41) is 7.32. The minimum atomic E-state index is -0.317. The number of aromatic nitrogens is 2. The number of carbonyl (C=O) groups is 2. The average Bonchev–Trinajstić information content (AvgIpc) is 3.55. The highest BCUT2D eigenvalue weighted by Gasteiger charge is 2.34. The molecule has 0 radical (unpaired) electrons. The third-order valence-electron chi connectivity index (χ3n) is 5.97. The van der Waals surface area contributed by atoms with Crippen molar-refractivity contribution >= 4 is 17.5 Å². The first-order valence-corrected chi connectivity index (χ1v) is 10.5. The van der Waals surface area contributed by atoms with Crippen molar-refractivity contribution in [2.45, 2.75) is 25.8 Å². The molecule has 31 heavy (non-hydrogen) atoms. The molecule has 0 unspecified atom stereocenters. The van der Waals surface area contributed by atoms with E-state index >= 15 is 0 Å². The van der Waals surface area contributed by atoms with Gasteiger partial charge in [-0.05, 0) is 72.9 Å². The van der Waals surface area contributed by atoms with Gasteiger partial charge >= 0.3 is 0 Å². The summed E-state index contributed by atoms with van der Waals surface area (Å²) < 4.78 is 14.7. The minimum absolute atomic E-state index is 0.213. The molecular formula is C24H23FN4O2. The van der Waals surface area contributed by atoms with E-state index in [2.05, 4.69) is 10.4 Å². The van der Waals surface area contributed by atoms with Crippen molar-refractivity contribution in [3.63, 3.8) is 0 Å². The number of fused-ring (bicyclic) bond motifs is 1. The number of rotatable bonds is 4. The Morgan fingerprint density at radius 3 is 2.58 bits per heavy atom. The number of benzene rings is 2. The smallest absolute Gasteiger partial charge is 0.273 e. The van der Waals surface area contributed by atoms with E-state index in [-0.39, 0.29) is 23.5 Å². The topological polar surface area (TPSA) is 67.2 Å². The Labute approximate surface area is 179 Å². The maximum atomic E-state index is 13.2. The molecule has 158 valence electrons. The zero-order valence-electron chi connectivity index (χ0n) is 17.3. The van der Waals surface area contributed by atoms with Gasteiger partial charge in [0.1, 0.15) is 11.5 Å². The molecule has 7 heteroatoms. The first-order valence-electron chi connectivity index (χ1n) is 10.5. The summed E-state index contributed by atoms with van der Waals surface area (Å²) in [5.41, 5.74) is 4.74. The number of amides is 2. The van der Waals surface area contributed by atoms with Gasteiger partial charge in [-0.1, -0.05) is 6.07 Å². The number of nitrogens with one attached hydrogen (secondary N) is 1. The fourth-order valence-electron chi connectivity index (χ4n) is 4.05. The second-order valence-corrected chi connectivity index (χ2v) is 8.27. The van der Waals surface area contributed by atoms with E-state index in [0.717, 1.165) is 36.9 Å². The molecule has 5 rings (SSSR count). The Balaban J connectivity index is 1.32. The van der Waals surface area contributed by atoms with Crippen molar-refractivity contribution in [3.8, 4) is 11.3 Å². The van der Waals surface area contributed by atoms with Crippen molar-refractivity contribution in [1.29, 1.82) is 0 Å². The maximum absolute atomic E-state index is 13.2. The number of aryl methyl sites for hydroxylation is 1. The molecule has 2 aliphatic rings. The Bertz CT molecular complexity index is 1160. The van der Waals surface area contributed by atoms with E-state index in [9.17, 15) is 14.0 Å². The zero-order chi connectivity index (χ0) is 21.5. The summed E-state index contributed by atoms with van der Waals surface area (Å²) in [6.45, 7) is 1.35. The van der Waals surface area contributed by atoms with Crippen molar-refractivity contribution in [1.82, 2.24) is 14.7 Å². The van der Waals surface area contributed by atoms with Gasteiger partial charge in [0.2, 0.25) is 5.91 Å². The SMILES string of the molecule is Cn1nc(-c2ccc(F)cc2)cc1C(=O)Nc1ccc2c(c1)CN(C(=O)C1CC1)CC2. The second kappa shape index (κ2) is 7.65. The number of nitrogens with zero attached hydrogens (tertiary/aromatic N) is 3. The Morgan fingerprint density at radius 2 is 1.84 bits per heavy atom. The summed E-state index contributed by atoms with van der Waals surface area (Å²) in [4.78, 5) is 27.2. The molecule has 1 fully saturated rings. The van der Waals surface area contributed by atoms with E-state index in [1.165, 1.54) is 22.4 Å². The predicted octanol–water partition coefficient (Wildman–Crippen LogP) is 3.77. The molecule has 1 saturated carbocycles. The molecule has 1 aliphatic heterocycles. The van der Waals surface area contributed by atoms with Gasteiger partial charge in [0.25, 0.3) is 5.91 Å². The second-order valence-electron chi connectivity index (χ2n) is 8.27.